The van der Waals surface area contributed by atoms with E-state index in [0.717, 1.165) is 0 Å². The van der Waals surface area contributed by atoms with Gasteiger partial charge in [-0.25, -0.2) is 4.79 Å². The van der Waals surface area contributed by atoms with E-state index in [2.05, 4.69) is 16.0 Å². The van der Waals surface area contributed by atoms with Crippen LogP contribution in [0.2, 0.25) is 0 Å². The Labute approximate surface area is 169 Å². The van der Waals surface area contributed by atoms with Crippen LogP contribution < -0.4 is 20.7 Å². The van der Waals surface area contributed by atoms with E-state index in [4.69, 9.17) is 21.7 Å². The molecular formula is C20H23N3O4S. The van der Waals surface area contributed by atoms with Gasteiger partial charge in [-0.05, 0) is 49.8 Å². The van der Waals surface area contributed by atoms with Gasteiger partial charge < -0.3 is 20.1 Å². The average molecular weight is 401 g/mol. The minimum Gasteiger partial charge on any atom is -0.457 e. The number of nitrogens with one attached hydrogen (secondary N) is 3. The monoisotopic (exact) mass is 401 g/mol. The number of benzene rings is 2. The van der Waals surface area contributed by atoms with Gasteiger partial charge in [0.25, 0.3) is 0 Å². The Morgan fingerprint density at radius 2 is 1.75 bits per heavy atom. The predicted octanol–water partition coefficient (Wildman–Crippen LogP) is 4.66. The number of thiocarbonyl (C=S) groups is 1. The molecule has 0 saturated carbocycles. The molecule has 2 aromatic carbocycles. The van der Waals surface area contributed by atoms with Crippen molar-refractivity contribution in [2.24, 2.45) is 0 Å². The molecular weight excluding hydrogens is 378 g/mol. The van der Waals surface area contributed by atoms with Gasteiger partial charge in [0, 0.05) is 13.0 Å². The van der Waals surface area contributed by atoms with Crippen molar-refractivity contribution >= 4 is 40.7 Å². The number of ether oxygens (including phenoxy) is 2. The summed E-state index contributed by atoms with van der Waals surface area (Å²) in [5.41, 5.74) is 0.963. The van der Waals surface area contributed by atoms with Crippen LogP contribution in [0.3, 0.4) is 0 Å². The molecule has 0 spiro atoms. The molecule has 0 aliphatic carbocycles. The van der Waals surface area contributed by atoms with Crippen LogP contribution in [0.5, 0.6) is 11.5 Å². The minimum absolute atomic E-state index is 0.0524. The van der Waals surface area contributed by atoms with Crippen LogP contribution in [-0.4, -0.2) is 23.2 Å². The summed E-state index contributed by atoms with van der Waals surface area (Å²) in [7, 11) is 0. The van der Waals surface area contributed by atoms with Crippen LogP contribution in [0.4, 0.5) is 16.2 Å². The lowest BCUT2D eigenvalue weighted by Gasteiger charge is -2.16. The van der Waals surface area contributed by atoms with Crippen molar-refractivity contribution in [1.82, 2.24) is 5.32 Å². The van der Waals surface area contributed by atoms with E-state index in [1.807, 2.05) is 37.3 Å². The molecule has 28 heavy (non-hydrogen) atoms. The average Bonchev–Trinajstić information content (AvgIpc) is 2.64. The summed E-state index contributed by atoms with van der Waals surface area (Å²) in [6.07, 6.45) is -0.160. The molecule has 0 aromatic heterocycles. The van der Waals surface area contributed by atoms with E-state index in [9.17, 15) is 9.59 Å². The van der Waals surface area contributed by atoms with Gasteiger partial charge in [0.15, 0.2) is 5.11 Å². The van der Waals surface area contributed by atoms with E-state index >= 15 is 0 Å². The van der Waals surface area contributed by atoms with E-state index < -0.39 is 6.09 Å². The number of alkyl carbamates (subject to hydrolysis) is 1. The molecule has 1 unspecified atom stereocenters. The van der Waals surface area contributed by atoms with Crippen molar-refractivity contribution in [3.8, 4) is 11.5 Å². The molecule has 0 aliphatic rings. The number of para-hydroxylation sites is 1. The molecule has 2 aromatic rings. The quantitative estimate of drug-likeness (QED) is 0.610. The fourth-order valence-electron chi connectivity index (χ4n) is 2.16. The zero-order valence-corrected chi connectivity index (χ0v) is 16.8. The summed E-state index contributed by atoms with van der Waals surface area (Å²) in [5, 5.41) is 8.09. The Kier molecular flexibility index (Phi) is 7.76. The maximum atomic E-state index is 11.8. The molecule has 0 saturated heterocycles. The SMILES string of the molecule is CCC(C)OC(=O)NC(=S)Nc1ccc(Oc2ccccc2)cc1NC(C)=O. The van der Waals surface area contributed by atoms with Crippen LogP contribution in [0.25, 0.3) is 0 Å². The predicted molar refractivity (Wildman–Crippen MR) is 113 cm³/mol. The highest BCUT2D eigenvalue weighted by atomic mass is 32.1. The highest BCUT2D eigenvalue weighted by Gasteiger charge is 2.12. The molecule has 0 fully saturated rings. The van der Waals surface area contributed by atoms with Gasteiger partial charge in [0.1, 0.15) is 17.6 Å². The zero-order chi connectivity index (χ0) is 20.5. The second-order valence-electron chi connectivity index (χ2n) is 6.01. The lowest BCUT2D eigenvalue weighted by atomic mass is 10.2. The summed E-state index contributed by atoms with van der Waals surface area (Å²) in [6, 6.07) is 14.3. The third kappa shape index (κ3) is 6.88. The first kappa shape index (κ1) is 21.2. The fraction of sp³-hybridized carbons (Fsp3) is 0.250. The molecule has 8 heteroatoms. The molecule has 1 atom stereocenters. The zero-order valence-electron chi connectivity index (χ0n) is 15.9. The molecule has 148 valence electrons. The van der Waals surface area contributed by atoms with Crippen LogP contribution in [0.15, 0.2) is 48.5 Å². The minimum atomic E-state index is -0.642. The van der Waals surface area contributed by atoms with Gasteiger partial charge >= 0.3 is 6.09 Å². The van der Waals surface area contributed by atoms with Gasteiger partial charge in [-0.2, -0.15) is 0 Å². The second kappa shape index (κ2) is 10.3. The summed E-state index contributed by atoms with van der Waals surface area (Å²) < 4.78 is 10.9. The summed E-state index contributed by atoms with van der Waals surface area (Å²) in [6.45, 7) is 5.10. The molecule has 0 heterocycles. The van der Waals surface area contributed by atoms with E-state index in [0.29, 0.717) is 29.3 Å². The Morgan fingerprint density at radius 3 is 2.39 bits per heavy atom. The highest BCUT2D eigenvalue weighted by molar-refractivity contribution is 7.80. The van der Waals surface area contributed by atoms with Gasteiger partial charge in [0.05, 0.1) is 11.4 Å². The van der Waals surface area contributed by atoms with Crippen molar-refractivity contribution in [2.45, 2.75) is 33.3 Å². The van der Waals surface area contributed by atoms with Crippen molar-refractivity contribution in [1.29, 1.82) is 0 Å². The Bertz CT molecular complexity index is 843. The molecule has 7 nitrogen and oxygen atoms in total. The van der Waals surface area contributed by atoms with Gasteiger partial charge in [0.2, 0.25) is 5.91 Å². The van der Waals surface area contributed by atoms with E-state index in [-0.39, 0.29) is 17.1 Å². The molecule has 3 N–H and O–H groups in total. The van der Waals surface area contributed by atoms with E-state index in [1.54, 1.807) is 25.1 Å². The van der Waals surface area contributed by atoms with E-state index in [1.165, 1.54) is 6.92 Å². The molecule has 2 rings (SSSR count). The van der Waals surface area contributed by atoms with Crippen molar-refractivity contribution in [3.63, 3.8) is 0 Å². The van der Waals surface area contributed by atoms with Crippen LogP contribution in [0, 0.1) is 0 Å². The number of hydrogen-bond acceptors (Lipinski definition) is 5. The Morgan fingerprint density at radius 1 is 1.04 bits per heavy atom. The van der Waals surface area contributed by atoms with Crippen molar-refractivity contribution in [2.75, 3.05) is 10.6 Å². The molecule has 0 bridgehead atoms. The Balaban J connectivity index is 2.10. The standard InChI is InChI=1S/C20H23N3O4S/c1-4-13(2)26-20(25)23-19(28)22-17-11-10-16(12-18(17)21-14(3)24)27-15-8-6-5-7-9-15/h5-13H,4H2,1-3H3,(H,21,24)(H2,22,23,25,28). The van der Waals surface area contributed by atoms with Gasteiger partial charge in [-0.3, -0.25) is 10.1 Å². The highest BCUT2D eigenvalue weighted by Crippen LogP contribution is 2.30. The lowest BCUT2D eigenvalue weighted by Crippen LogP contribution is -2.36. The van der Waals surface area contributed by atoms with Crippen molar-refractivity contribution in [3.05, 3.63) is 48.5 Å². The van der Waals surface area contributed by atoms with Gasteiger partial charge in [-0.15, -0.1) is 0 Å². The first-order valence-electron chi connectivity index (χ1n) is 8.80. The topological polar surface area (TPSA) is 88.7 Å². The molecule has 2 amide bonds. The molecule has 0 aliphatic heterocycles. The smallest absolute Gasteiger partial charge is 0.413 e. The first-order chi connectivity index (χ1) is 13.4. The van der Waals surface area contributed by atoms with Crippen molar-refractivity contribution < 1.29 is 19.1 Å². The van der Waals surface area contributed by atoms with Crippen LogP contribution >= 0.6 is 12.2 Å². The lowest BCUT2D eigenvalue weighted by molar-refractivity contribution is -0.114. The number of anilines is 2. The maximum Gasteiger partial charge on any atom is 0.413 e. The maximum absolute atomic E-state index is 11.8. The van der Waals surface area contributed by atoms with Crippen LogP contribution in [-0.2, 0) is 9.53 Å². The third-order valence-electron chi connectivity index (χ3n) is 3.63. The number of carbonyl (C=O) groups excluding carboxylic acids is 2. The first-order valence-corrected chi connectivity index (χ1v) is 9.21. The van der Waals surface area contributed by atoms with Gasteiger partial charge in [-0.1, -0.05) is 25.1 Å². The largest absolute Gasteiger partial charge is 0.457 e. The summed E-state index contributed by atoms with van der Waals surface area (Å²) in [5.74, 6) is 0.951. The Hall–Kier alpha value is -3.13. The third-order valence-corrected chi connectivity index (χ3v) is 3.83. The number of hydrogen-bond donors (Lipinski definition) is 3. The number of amides is 2. The summed E-state index contributed by atoms with van der Waals surface area (Å²) in [4.78, 5) is 23.3. The fourth-order valence-corrected chi connectivity index (χ4v) is 2.35. The normalized spacial score (nSPS) is 11.1. The number of rotatable bonds is 6. The van der Waals surface area contributed by atoms with Crippen LogP contribution in [0.1, 0.15) is 27.2 Å². The summed E-state index contributed by atoms with van der Waals surface area (Å²) >= 11 is 5.15. The molecule has 0 radical (unpaired) electrons. The number of carbonyl (C=O) groups is 2. The second-order valence-corrected chi connectivity index (χ2v) is 6.42.